The van der Waals surface area contributed by atoms with E-state index in [1.165, 1.54) is 27.8 Å². The topological polar surface area (TPSA) is 73.3 Å². The summed E-state index contributed by atoms with van der Waals surface area (Å²) < 4.78 is 74.1. The molecule has 7 nitrogen and oxygen atoms in total. The van der Waals surface area contributed by atoms with E-state index in [0.29, 0.717) is 23.0 Å². The minimum atomic E-state index is -4.80. The van der Waals surface area contributed by atoms with Gasteiger partial charge in [-0.2, -0.15) is 17.5 Å². The second-order valence-electron chi connectivity index (χ2n) is 9.94. The van der Waals surface area contributed by atoms with E-state index in [4.69, 9.17) is 4.74 Å². The van der Waals surface area contributed by atoms with E-state index in [0.717, 1.165) is 32.9 Å². The molecule has 0 spiro atoms. The van der Waals surface area contributed by atoms with Crippen LogP contribution in [0.4, 0.5) is 18.9 Å². The fourth-order valence-electron chi connectivity index (χ4n) is 5.37. The minimum absolute atomic E-state index is 0.190. The number of likely N-dealkylation sites (tertiary alicyclic amines) is 1. The third-order valence-electron chi connectivity index (χ3n) is 7.44. The van der Waals surface area contributed by atoms with Gasteiger partial charge in [-0.3, -0.25) is 4.90 Å². The van der Waals surface area contributed by atoms with Gasteiger partial charge in [0.1, 0.15) is 4.21 Å². The zero-order valence-electron chi connectivity index (χ0n) is 19.9. The number of benzene rings is 1. The van der Waals surface area contributed by atoms with Gasteiger partial charge in [0.15, 0.2) is 5.60 Å². The fourth-order valence-corrected chi connectivity index (χ4v) is 7.98. The Morgan fingerprint density at radius 2 is 1.72 bits per heavy atom. The van der Waals surface area contributed by atoms with Crippen molar-refractivity contribution < 1.29 is 31.4 Å². The predicted molar refractivity (Wildman–Crippen MR) is 131 cm³/mol. The van der Waals surface area contributed by atoms with Gasteiger partial charge in [0.25, 0.3) is 10.0 Å². The van der Waals surface area contributed by atoms with Gasteiger partial charge >= 0.3 is 6.18 Å². The number of morpholine rings is 1. The van der Waals surface area contributed by atoms with Gasteiger partial charge < -0.3 is 14.7 Å². The highest BCUT2D eigenvalue weighted by molar-refractivity contribution is 7.91. The van der Waals surface area contributed by atoms with Crippen LogP contribution in [0, 0.1) is 0 Å². The van der Waals surface area contributed by atoms with Crippen LogP contribution in [-0.2, 0) is 20.4 Å². The van der Waals surface area contributed by atoms with Crippen LogP contribution in [0.2, 0.25) is 0 Å². The molecule has 0 aliphatic carbocycles. The number of hydrogen-bond acceptors (Lipinski definition) is 7. The van der Waals surface area contributed by atoms with Crippen molar-refractivity contribution in [2.45, 2.75) is 54.0 Å². The van der Waals surface area contributed by atoms with Crippen LogP contribution >= 0.6 is 11.3 Å². The lowest BCUT2D eigenvalue weighted by molar-refractivity contribution is -0.258. The number of hydrogen-bond donors (Lipinski definition) is 1. The van der Waals surface area contributed by atoms with Gasteiger partial charge in [0, 0.05) is 45.0 Å². The highest BCUT2D eigenvalue weighted by Crippen LogP contribution is 2.39. The summed E-state index contributed by atoms with van der Waals surface area (Å²) in [6.45, 7) is 3.88. The first kappa shape index (κ1) is 25.9. The lowest BCUT2D eigenvalue weighted by Gasteiger charge is -2.45. The molecule has 198 valence electrons. The summed E-state index contributed by atoms with van der Waals surface area (Å²) >= 11 is 1.19. The number of thiophene rings is 1. The number of fused-ring (bicyclic) bond motifs is 2. The first-order valence-corrected chi connectivity index (χ1v) is 14.3. The van der Waals surface area contributed by atoms with Crippen molar-refractivity contribution in [1.29, 1.82) is 0 Å². The zero-order valence-corrected chi connectivity index (χ0v) is 21.5. The van der Waals surface area contributed by atoms with Gasteiger partial charge in [-0.15, -0.1) is 11.3 Å². The number of piperazine rings is 1. The Kier molecular flexibility index (Phi) is 6.88. The molecular weight excluding hydrogens is 515 g/mol. The number of sulfonamides is 1. The molecule has 3 saturated heterocycles. The number of rotatable bonds is 6. The number of anilines is 1. The van der Waals surface area contributed by atoms with Crippen molar-refractivity contribution in [2.75, 3.05) is 44.2 Å². The molecule has 4 heterocycles. The van der Waals surface area contributed by atoms with E-state index in [1.807, 2.05) is 0 Å². The zero-order chi connectivity index (χ0) is 25.7. The fraction of sp³-hybridized carbons (Fsp3) is 0.583. The second kappa shape index (κ2) is 9.55. The van der Waals surface area contributed by atoms with Crippen molar-refractivity contribution in [3.05, 3.63) is 47.3 Å². The Morgan fingerprint density at radius 1 is 1.06 bits per heavy atom. The summed E-state index contributed by atoms with van der Waals surface area (Å²) in [4.78, 5) is 4.39. The Hall–Kier alpha value is -1.70. The van der Waals surface area contributed by atoms with Gasteiger partial charge in [-0.05, 0) is 48.9 Å². The summed E-state index contributed by atoms with van der Waals surface area (Å²) in [5, 5.41) is 11.8. The molecule has 0 radical (unpaired) electrons. The molecule has 3 fully saturated rings. The summed E-state index contributed by atoms with van der Waals surface area (Å²) in [5.41, 5.74) is -2.49. The van der Waals surface area contributed by atoms with Crippen LogP contribution < -0.4 is 4.90 Å². The quantitative estimate of drug-likeness (QED) is 0.601. The molecule has 1 N–H and O–H groups in total. The normalized spacial score (nSPS) is 27.8. The van der Waals surface area contributed by atoms with Crippen molar-refractivity contribution in [1.82, 2.24) is 9.21 Å². The summed E-state index contributed by atoms with van der Waals surface area (Å²) in [7, 11) is -3.63. The third kappa shape index (κ3) is 4.91. The average molecular weight is 546 g/mol. The van der Waals surface area contributed by atoms with E-state index < -0.39 is 21.8 Å². The maximum atomic E-state index is 13.3. The molecule has 3 aliphatic rings. The standard InChI is InChI=1S/C24H30F3N3O4S2/c1-23(31,24(25,26)27)17-4-6-18(7-5-17)30-11-10-29(36(32,33)22-3-2-12-35-22)14-19(30)13-28-15-20-8-9-21(16-28)34-20/h2-7,12,19-21,31H,8-11,13-16H2,1H3/t19-,20?,21?,23+/m0/s1. The smallest absolute Gasteiger partial charge is 0.376 e. The molecule has 1 aromatic carbocycles. The Balaban J connectivity index is 1.39. The number of aliphatic hydroxyl groups is 1. The predicted octanol–water partition coefficient (Wildman–Crippen LogP) is 3.26. The van der Waals surface area contributed by atoms with Crippen LogP contribution in [0.15, 0.2) is 46.0 Å². The van der Waals surface area contributed by atoms with Crippen molar-refractivity contribution in [2.24, 2.45) is 0 Å². The number of ether oxygens (including phenoxy) is 1. The average Bonchev–Trinajstić information content (AvgIpc) is 3.49. The Bertz CT molecular complexity index is 1140. The van der Waals surface area contributed by atoms with Gasteiger partial charge in [-0.1, -0.05) is 18.2 Å². The second-order valence-corrected chi connectivity index (χ2v) is 13.0. The van der Waals surface area contributed by atoms with E-state index in [2.05, 4.69) is 9.80 Å². The van der Waals surface area contributed by atoms with Crippen LogP contribution in [0.25, 0.3) is 0 Å². The summed E-state index contributed by atoms with van der Waals surface area (Å²) in [6, 6.07) is 8.87. The maximum absolute atomic E-state index is 13.3. The van der Waals surface area contributed by atoms with Gasteiger partial charge in [0.05, 0.1) is 18.2 Å². The first-order valence-electron chi connectivity index (χ1n) is 12.0. The van der Waals surface area contributed by atoms with Crippen molar-refractivity contribution in [3.8, 4) is 0 Å². The number of halogens is 3. The molecule has 2 unspecified atom stereocenters. The van der Waals surface area contributed by atoms with E-state index in [-0.39, 0.29) is 36.9 Å². The molecule has 1 aromatic heterocycles. The van der Waals surface area contributed by atoms with E-state index in [1.54, 1.807) is 29.6 Å². The molecule has 36 heavy (non-hydrogen) atoms. The number of alkyl halides is 3. The molecular formula is C24H30F3N3O4S2. The lowest BCUT2D eigenvalue weighted by Crippen LogP contribution is -2.59. The number of nitrogens with zero attached hydrogens (tertiary/aromatic N) is 3. The Morgan fingerprint density at radius 3 is 2.31 bits per heavy atom. The molecule has 2 bridgehead atoms. The van der Waals surface area contributed by atoms with Gasteiger partial charge in [-0.25, -0.2) is 8.42 Å². The van der Waals surface area contributed by atoms with Crippen LogP contribution in [0.3, 0.4) is 0 Å². The van der Waals surface area contributed by atoms with Crippen LogP contribution in [0.5, 0.6) is 0 Å². The summed E-state index contributed by atoms with van der Waals surface area (Å²) in [6.07, 6.45) is -2.37. The summed E-state index contributed by atoms with van der Waals surface area (Å²) in [5.74, 6) is 0. The SMILES string of the molecule is C[C@@](O)(c1ccc(N2CCN(S(=O)(=O)c3cccs3)C[C@@H]2CN2CC3CCC(C2)O3)cc1)C(F)(F)F. The largest absolute Gasteiger partial charge is 0.421 e. The van der Waals surface area contributed by atoms with Crippen molar-refractivity contribution >= 4 is 27.0 Å². The molecule has 0 saturated carbocycles. The third-order valence-corrected chi connectivity index (χ3v) is 10.7. The lowest BCUT2D eigenvalue weighted by atomic mass is 9.95. The molecule has 0 amide bonds. The van der Waals surface area contributed by atoms with Gasteiger partial charge in [0.2, 0.25) is 0 Å². The van der Waals surface area contributed by atoms with Crippen LogP contribution in [0.1, 0.15) is 25.3 Å². The van der Waals surface area contributed by atoms with Crippen molar-refractivity contribution in [3.63, 3.8) is 0 Å². The molecule has 2 aromatic rings. The van der Waals surface area contributed by atoms with Crippen LogP contribution in [-0.4, -0.2) is 86.4 Å². The Labute approximate surface area is 213 Å². The molecule has 3 aliphatic heterocycles. The highest BCUT2D eigenvalue weighted by Gasteiger charge is 2.51. The molecule has 12 heteroatoms. The minimum Gasteiger partial charge on any atom is -0.376 e. The highest BCUT2D eigenvalue weighted by atomic mass is 32.2. The maximum Gasteiger partial charge on any atom is 0.421 e. The first-order chi connectivity index (χ1) is 16.9. The van der Waals surface area contributed by atoms with E-state index >= 15 is 0 Å². The molecule has 5 rings (SSSR count). The molecule has 4 atom stereocenters. The van der Waals surface area contributed by atoms with E-state index in [9.17, 15) is 26.7 Å². The monoisotopic (exact) mass is 545 g/mol.